The largest absolute Gasteiger partial charge is 0.378 e. The lowest BCUT2D eigenvalue weighted by Crippen LogP contribution is -2.29. The van der Waals surface area contributed by atoms with Crippen LogP contribution in [0.4, 0.5) is 10.1 Å². The van der Waals surface area contributed by atoms with E-state index in [0.717, 1.165) is 17.7 Å². The minimum Gasteiger partial charge on any atom is -0.378 e. The molecule has 24 heavy (non-hydrogen) atoms. The average Bonchev–Trinajstić information content (AvgIpc) is 3.11. The Kier molecular flexibility index (Phi) is 2.99. The highest BCUT2D eigenvalue weighted by Gasteiger charge is 2.39. The fourth-order valence-electron chi connectivity index (χ4n) is 4.42. The Morgan fingerprint density at radius 2 is 1.75 bits per heavy atom. The van der Waals surface area contributed by atoms with Crippen LogP contribution in [0.1, 0.15) is 29.5 Å². The van der Waals surface area contributed by atoms with Gasteiger partial charge in [-0.3, -0.25) is 0 Å². The van der Waals surface area contributed by atoms with Gasteiger partial charge in [0.25, 0.3) is 0 Å². The standard InChI is InChI=1S/C22H18FN/c23-19-11-4-3-8-18(19)22-17-10-5-9-16(17)21-15-7-2-1-6-14(15)12-13-20(21)24-22/h1-9,11-13,16-17,22,24H,10H2. The monoisotopic (exact) mass is 315 g/mol. The van der Waals surface area contributed by atoms with Gasteiger partial charge in [-0.2, -0.15) is 0 Å². The Morgan fingerprint density at radius 3 is 2.67 bits per heavy atom. The molecule has 0 bridgehead atoms. The van der Waals surface area contributed by atoms with E-state index < -0.39 is 0 Å². The zero-order valence-electron chi connectivity index (χ0n) is 13.2. The van der Waals surface area contributed by atoms with Crippen LogP contribution in [-0.2, 0) is 0 Å². The van der Waals surface area contributed by atoms with Crippen LogP contribution in [0.3, 0.4) is 0 Å². The Labute approximate surface area is 140 Å². The molecule has 0 radical (unpaired) electrons. The van der Waals surface area contributed by atoms with E-state index in [-0.39, 0.29) is 11.9 Å². The molecule has 0 saturated carbocycles. The normalized spacial score (nSPS) is 24.5. The van der Waals surface area contributed by atoms with Crippen LogP contribution in [-0.4, -0.2) is 0 Å². The van der Waals surface area contributed by atoms with E-state index in [1.165, 1.54) is 16.3 Å². The molecule has 118 valence electrons. The molecular weight excluding hydrogens is 297 g/mol. The zero-order chi connectivity index (χ0) is 16.1. The molecule has 2 heteroatoms. The zero-order valence-corrected chi connectivity index (χ0v) is 13.2. The highest BCUT2D eigenvalue weighted by atomic mass is 19.1. The van der Waals surface area contributed by atoms with Crippen molar-refractivity contribution in [2.75, 3.05) is 5.32 Å². The minimum atomic E-state index is -0.120. The van der Waals surface area contributed by atoms with Crippen LogP contribution >= 0.6 is 0 Å². The third-order valence-electron chi connectivity index (χ3n) is 5.50. The van der Waals surface area contributed by atoms with Crippen molar-refractivity contribution in [1.29, 1.82) is 0 Å². The first-order chi connectivity index (χ1) is 11.8. The second-order valence-electron chi connectivity index (χ2n) is 6.74. The fourth-order valence-corrected chi connectivity index (χ4v) is 4.42. The minimum absolute atomic E-state index is 0.0138. The molecule has 0 fully saturated rings. The summed E-state index contributed by atoms with van der Waals surface area (Å²) in [6.45, 7) is 0. The topological polar surface area (TPSA) is 12.0 Å². The number of anilines is 1. The van der Waals surface area contributed by atoms with Crippen LogP contribution in [0.5, 0.6) is 0 Å². The highest BCUT2D eigenvalue weighted by molar-refractivity contribution is 5.91. The third kappa shape index (κ3) is 1.92. The molecular formula is C22H18FN. The van der Waals surface area contributed by atoms with Crippen molar-refractivity contribution in [3.8, 4) is 0 Å². The Balaban J connectivity index is 1.71. The van der Waals surface area contributed by atoms with Crippen molar-refractivity contribution in [2.45, 2.75) is 18.4 Å². The van der Waals surface area contributed by atoms with Crippen molar-refractivity contribution in [3.05, 3.63) is 89.8 Å². The Hall–Kier alpha value is -2.61. The van der Waals surface area contributed by atoms with Crippen molar-refractivity contribution in [1.82, 2.24) is 0 Å². The van der Waals surface area contributed by atoms with Crippen LogP contribution in [0, 0.1) is 11.7 Å². The van der Waals surface area contributed by atoms with E-state index >= 15 is 0 Å². The summed E-state index contributed by atoms with van der Waals surface area (Å²) in [5.74, 6) is 0.585. The lowest BCUT2D eigenvalue weighted by molar-refractivity contribution is 0.415. The summed E-state index contributed by atoms with van der Waals surface area (Å²) >= 11 is 0. The van der Waals surface area contributed by atoms with E-state index in [0.29, 0.717) is 11.8 Å². The number of fused-ring (bicyclic) bond motifs is 5. The number of allylic oxidation sites excluding steroid dienone is 2. The second kappa shape index (κ2) is 5.20. The first-order valence-corrected chi connectivity index (χ1v) is 8.52. The highest BCUT2D eigenvalue weighted by Crippen LogP contribution is 2.51. The van der Waals surface area contributed by atoms with E-state index in [2.05, 4.69) is 53.9 Å². The van der Waals surface area contributed by atoms with Gasteiger partial charge in [0.2, 0.25) is 0 Å². The van der Waals surface area contributed by atoms with Gasteiger partial charge in [0.15, 0.2) is 0 Å². The third-order valence-corrected chi connectivity index (χ3v) is 5.50. The van der Waals surface area contributed by atoms with Crippen molar-refractivity contribution < 1.29 is 4.39 Å². The molecule has 1 aliphatic heterocycles. The summed E-state index contributed by atoms with van der Waals surface area (Å²) in [7, 11) is 0. The molecule has 5 rings (SSSR count). The van der Waals surface area contributed by atoms with E-state index in [1.54, 1.807) is 12.1 Å². The predicted octanol–water partition coefficient (Wildman–Crippen LogP) is 5.81. The summed E-state index contributed by atoms with van der Waals surface area (Å²) in [5, 5.41) is 6.20. The van der Waals surface area contributed by atoms with Gasteiger partial charge in [0, 0.05) is 17.2 Å². The summed E-state index contributed by atoms with van der Waals surface area (Å²) < 4.78 is 14.4. The Morgan fingerprint density at radius 1 is 0.917 bits per heavy atom. The summed E-state index contributed by atoms with van der Waals surface area (Å²) in [6, 6.07) is 20.0. The molecule has 3 aromatic carbocycles. The summed E-state index contributed by atoms with van der Waals surface area (Å²) in [6.07, 6.45) is 5.55. The van der Waals surface area contributed by atoms with Crippen molar-refractivity contribution in [2.24, 2.45) is 5.92 Å². The molecule has 0 spiro atoms. The molecule has 0 amide bonds. The van der Waals surface area contributed by atoms with Crippen LogP contribution in [0.15, 0.2) is 72.8 Å². The van der Waals surface area contributed by atoms with Crippen molar-refractivity contribution >= 4 is 16.5 Å². The first-order valence-electron chi connectivity index (χ1n) is 8.52. The van der Waals surface area contributed by atoms with E-state index in [9.17, 15) is 4.39 Å². The molecule has 1 heterocycles. The molecule has 1 N–H and O–H groups in total. The van der Waals surface area contributed by atoms with Crippen LogP contribution in [0.25, 0.3) is 10.8 Å². The number of hydrogen-bond donors (Lipinski definition) is 1. The Bertz CT molecular complexity index is 959. The van der Waals surface area contributed by atoms with Gasteiger partial charge in [-0.25, -0.2) is 4.39 Å². The van der Waals surface area contributed by atoms with Gasteiger partial charge >= 0.3 is 0 Å². The second-order valence-corrected chi connectivity index (χ2v) is 6.74. The molecule has 0 saturated heterocycles. The summed E-state index contributed by atoms with van der Waals surface area (Å²) in [4.78, 5) is 0. The lowest BCUT2D eigenvalue weighted by Gasteiger charge is -2.38. The smallest absolute Gasteiger partial charge is 0.128 e. The predicted molar refractivity (Wildman–Crippen MR) is 96.7 cm³/mol. The first kappa shape index (κ1) is 13.8. The molecule has 3 atom stereocenters. The maximum atomic E-state index is 14.4. The van der Waals surface area contributed by atoms with E-state index in [4.69, 9.17) is 0 Å². The van der Waals surface area contributed by atoms with Crippen LogP contribution < -0.4 is 5.32 Å². The van der Waals surface area contributed by atoms with Gasteiger partial charge in [-0.15, -0.1) is 0 Å². The van der Waals surface area contributed by atoms with Crippen LogP contribution in [0.2, 0.25) is 0 Å². The maximum Gasteiger partial charge on any atom is 0.128 e. The fraction of sp³-hybridized carbons (Fsp3) is 0.182. The maximum absolute atomic E-state index is 14.4. The molecule has 3 unspecified atom stereocenters. The van der Waals surface area contributed by atoms with Gasteiger partial charge < -0.3 is 5.32 Å². The van der Waals surface area contributed by atoms with Gasteiger partial charge in [0.05, 0.1) is 6.04 Å². The summed E-state index contributed by atoms with van der Waals surface area (Å²) in [5.41, 5.74) is 3.27. The molecule has 1 aliphatic carbocycles. The number of rotatable bonds is 1. The number of nitrogens with one attached hydrogen (secondary N) is 1. The number of halogens is 1. The molecule has 3 aromatic rings. The number of benzene rings is 3. The van der Waals surface area contributed by atoms with Gasteiger partial charge in [-0.1, -0.05) is 60.7 Å². The van der Waals surface area contributed by atoms with Crippen molar-refractivity contribution in [3.63, 3.8) is 0 Å². The average molecular weight is 315 g/mol. The van der Waals surface area contributed by atoms with Gasteiger partial charge in [0.1, 0.15) is 5.82 Å². The molecule has 2 aliphatic rings. The SMILES string of the molecule is Fc1ccccc1C1Nc2ccc3ccccc3c2C2C=CCC21. The number of hydrogen-bond acceptors (Lipinski definition) is 1. The molecule has 0 aromatic heterocycles. The quantitative estimate of drug-likeness (QED) is 0.559. The van der Waals surface area contributed by atoms with Gasteiger partial charge in [-0.05, 0) is 40.8 Å². The molecule has 1 nitrogen and oxygen atoms in total. The lowest BCUT2D eigenvalue weighted by atomic mass is 9.75. The van der Waals surface area contributed by atoms with E-state index in [1.807, 2.05) is 12.1 Å².